The first-order chi connectivity index (χ1) is 16.2. The van der Waals surface area contributed by atoms with Crippen molar-refractivity contribution in [2.45, 2.75) is 24.1 Å². The number of nitrogens with one attached hydrogen (secondary N) is 2. The molecule has 0 unspecified atom stereocenters. The third-order valence-corrected chi connectivity index (χ3v) is 8.21. The summed E-state index contributed by atoms with van der Waals surface area (Å²) in [5, 5.41) is 4.36. The molecule has 0 atom stereocenters. The van der Waals surface area contributed by atoms with Crippen molar-refractivity contribution in [2.24, 2.45) is 0 Å². The highest BCUT2D eigenvalue weighted by atomic mass is 32.2. The molecule has 1 saturated heterocycles. The Bertz CT molecular complexity index is 1150. The summed E-state index contributed by atoms with van der Waals surface area (Å²) >= 11 is 5.18. The number of carbonyl (C=O) groups is 1. The Balaban J connectivity index is 0.000000601. The Kier molecular flexibility index (Phi) is 8.57. The predicted octanol–water partition coefficient (Wildman–Crippen LogP) is 5.81. The summed E-state index contributed by atoms with van der Waals surface area (Å²) in [5.74, 6) is 0. The molecule has 3 aromatic heterocycles. The maximum Gasteiger partial charge on any atom is 0.139 e. The lowest BCUT2D eigenvalue weighted by Crippen LogP contribution is -2.43. The summed E-state index contributed by atoms with van der Waals surface area (Å²) in [6, 6.07) is 12.8. The van der Waals surface area contributed by atoms with Gasteiger partial charge in [-0.05, 0) is 42.6 Å². The first kappa shape index (κ1) is 24.0. The van der Waals surface area contributed by atoms with E-state index in [9.17, 15) is 4.79 Å². The van der Waals surface area contributed by atoms with Crippen LogP contribution in [0.15, 0.2) is 52.2 Å². The van der Waals surface area contributed by atoms with E-state index in [1.165, 1.54) is 14.5 Å². The standard InChI is InChI=1S/C21H23N5S3.C3H6O/c1-25-7-9-26(10-8-25)14-16-13-22-21(28-16)18-12-15-4-2-5-17(20(15)23-18)24-29-19-6-3-11-27-19;1-2-3-4/h2-6,11-13,23-24H,7-10,14H2,1H3;3H,2H2,1H3. The van der Waals surface area contributed by atoms with Gasteiger partial charge in [0.15, 0.2) is 0 Å². The topological polar surface area (TPSA) is 64.3 Å². The smallest absolute Gasteiger partial charge is 0.139 e. The van der Waals surface area contributed by atoms with E-state index in [0.29, 0.717) is 6.42 Å². The second-order valence-electron chi connectivity index (χ2n) is 7.88. The molecular formula is C24H29N5OS3. The van der Waals surface area contributed by atoms with Gasteiger partial charge in [-0.1, -0.05) is 25.1 Å². The van der Waals surface area contributed by atoms with Crippen LogP contribution in [0.25, 0.3) is 21.6 Å². The monoisotopic (exact) mass is 499 g/mol. The number of thiophene rings is 1. The molecule has 33 heavy (non-hydrogen) atoms. The fraction of sp³-hybridized carbons (Fsp3) is 0.333. The molecular weight excluding hydrogens is 470 g/mol. The molecule has 1 aliphatic rings. The number of aldehydes is 1. The number of aromatic nitrogens is 2. The normalized spacial score (nSPS) is 14.7. The van der Waals surface area contributed by atoms with Crippen LogP contribution < -0.4 is 4.72 Å². The first-order valence-corrected chi connectivity index (χ1v) is 13.5. The number of piperazine rings is 1. The summed E-state index contributed by atoms with van der Waals surface area (Å²) in [6.07, 6.45) is 3.55. The minimum atomic E-state index is 0.639. The third kappa shape index (κ3) is 6.45. The van der Waals surface area contributed by atoms with E-state index >= 15 is 0 Å². The number of anilines is 1. The number of benzene rings is 1. The number of nitrogens with zero attached hydrogens (tertiary/aromatic N) is 3. The fourth-order valence-electron chi connectivity index (χ4n) is 3.51. The van der Waals surface area contributed by atoms with Crippen LogP contribution in [0.4, 0.5) is 5.69 Å². The predicted molar refractivity (Wildman–Crippen MR) is 142 cm³/mol. The van der Waals surface area contributed by atoms with Gasteiger partial charge >= 0.3 is 0 Å². The number of carbonyl (C=O) groups excluding carboxylic acids is 1. The Morgan fingerprint density at radius 2 is 2.03 bits per heavy atom. The molecule has 174 valence electrons. The Morgan fingerprint density at radius 1 is 1.21 bits per heavy atom. The van der Waals surface area contributed by atoms with Crippen LogP contribution >= 0.6 is 34.6 Å². The van der Waals surface area contributed by atoms with Gasteiger partial charge in [-0.25, -0.2) is 4.98 Å². The number of hydrogen-bond donors (Lipinski definition) is 2. The second-order valence-corrected chi connectivity index (χ2v) is 11.0. The molecule has 9 heteroatoms. The average Bonchev–Trinajstić information content (AvgIpc) is 3.60. The third-order valence-electron chi connectivity index (χ3n) is 5.34. The zero-order valence-corrected chi connectivity index (χ0v) is 21.4. The zero-order valence-electron chi connectivity index (χ0n) is 18.9. The molecule has 4 heterocycles. The van der Waals surface area contributed by atoms with Crippen molar-refractivity contribution in [2.75, 3.05) is 37.9 Å². The van der Waals surface area contributed by atoms with Gasteiger partial charge in [-0.3, -0.25) is 4.90 Å². The van der Waals surface area contributed by atoms with Crippen LogP contribution in [0.3, 0.4) is 0 Å². The summed E-state index contributed by atoms with van der Waals surface area (Å²) in [4.78, 5) is 23.7. The lowest BCUT2D eigenvalue weighted by molar-refractivity contribution is -0.107. The van der Waals surface area contributed by atoms with Gasteiger partial charge in [0.1, 0.15) is 11.3 Å². The molecule has 1 aromatic carbocycles. The Hall–Kier alpha value is -2.17. The van der Waals surface area contributed by atoms with Crippen molar-refractivity contribution in [3.05, 3.63) is 52.9 Å². The lowest BCUT2D eigenvalue weighted by Gasteiger charge is -2.31. The van der Waals surface area contributed by atoms with E-state index in [2.05, 4.69) is 68.3 Å². The highest BCUT2D eigenvalue weighted by molar-refractivity contribution is 8.02. The van der Waals surface area contributed by atoms with E-state index in [4.69, 9.17) is 4.98 Å². The van der Waals surface area contributed by atoms with Gasteiger partial charge in [0, 0.05) is 55.6 Å². The highest BCUT2D eigenvalue weighted by Gasteiger charge is 2.16. The second kappa shape index (κ2) is 11.8. The van der Waals surface area contributed by atoms with E-state index < -0.39 is 0 Å². The molecule has 0 amide bonds. The van der Waals surface area contributed by atoms with Crippen molar-refractivity contribution in [1.82, 2.24) is 19.8 Å². The van der Waals surface area contributed by atoms with E-state index in [1.54, 1.807) is 34.6 Å². The first-order valence-electron chi connectivity index (χ1n) is 11.0. The fourth-order valence-corrected chi connectivity index (χ4v) is 5.90. The minimum Gasteiger partial charge on any atom is -0.351 e. The lowest BCUT2D eigenvalue weighted by atomic mass is 10.2. The summed E-state index contributed by atoms with van der Waals surface area (Å²) in [6.45, 7) is 7.36. The molecule has 1 fully saturated rings. The van der Waals surface area contributed by atoms with Crippen LogP contribution in [-0.2, 0) is 11.3 Å². The van der Waals surface area contributed by atoms with Crippen LogP contribution in [0.5, 0.6) is 0 Å². The molecule has 0 bridgehead atoms. The van der Waals surface area contributed by atoms with Crippen LogP contribution in [0, 0.1) is 0 Å². The molecule has 0 spiro atoms. The van der Waals surface area contributed by atoms with E-state index in [1.807, 2.05) is 13.1 Å². The van der Waals surface area contributed by atoms with Crippen molar-refractivity contribution in [3.8, 4) is 10.7 Å². The van der Waals surface area contributed by atoms with Gasteiger partial charge in [0.25, 0.3) is 0 Å². The number of aromatic amines is 1. The van der Waals surface area contributed by atoms with Crippen LogP contribution in [0.2, 0.25) is 0 Å². The average molecular weight is 500 g/mol. The molecule has 4 aromatic rings. The molecule has 0 aliphatic carbocycles. The van der Waals surface area contributed by atoms with Gasteiger partial charge in [0.2, 0.25) is 0 Å². The Labute approximate surface area is 207 Å². The number of thiazole rings is 1. The number of H-pyrrole nitrogens is 1. The minimum absolute atomic E-state index is 0.639. The quantitative estimate of drug-likeness (QED) is 0.247. The summed E-state index contributed by atoms with van der Waals surface area (Å²) < 4.78 is 4.74. The van der Waals surface area contributed by atoms with Gasteiger partial charge in [-0.15, -0.1) is 22.7 Å². The van der Waals surface area contributed by atoms with Crippen molar-refractivity contribution >= 4 is 57.5 Å². The summed E-state index contributed by atoms with van der Waals surface area (Å²) in [5.41, 5.74) is 3.31. The SMILES string of the molecule is CCC=O.CN1CCN(Cc2cnc(-c3cc4cccc(NSc5cccs5)c4[nH]3)s2)CC1. The van der Waals surface area contributed by atoms with Crippen molar-refractivity contribution in [1.29, 1.82) is 0 Å². The molecule has 2 N–H and O–H groups in total. The maximum absolute atomic E-state index is 9.17. The van der Waals surface area contributed by atoms with Gasteiger partial charge in [-0.2, -0.15) is 0 Å². The Morgan fingerprint density at radius 3 is 2.76 bits per heavy atom. The highest BCUT2D eigenvalue weighted by Crippen LogP contribution is 2.33. The van der Waals surface area contributed by atoms with E-state index in [0.717, 1.165) is 60.9 Å². The zero-order chi connectivity index (χ0) is 23.0. The van der Waals surface area contributed by atoms with Gasteiger partial charge < -0.3 is 19.4 Å². The van der Waals surface area contributed by atoms with Crippen LogP contribution in [-0.4, -0.2) is 59.3 Å². The molecule has 0 radical (unpaired) electrons. The number of para-hydroxylation sites is 1. The number of hydrogen-bond acceptors (Lipinski definition) is 8. The maximum atomic E-state index is 9.17. The molecule has 1 aliphatic heterocycles. The molecule has 0 saturated carbocycles. The molecule has 5 rings (SSSR count). The number of rotatable bonds is 7. The largest absolute Gasteiger partial charge is 0.351 e. The van der Waals surface area contributed by atoms with Crippen LogP contribution in [0.1, 0.15) is 18.2 Å². The summed E-state index contributed by atoms with van der Waals surface area (Å²) in [7, 11) is 2.19. The molecule has 6 nitrogen and oxygen atoms in total. The number of fused-ring (bicyclic) bond motifs is 1. The number of likely N-dealkylation sites (N-methyl/N-ethyl adjacent to an activating group) is 1. The van der Waals surface area contributed by atoms with Crippen molar-refractivity contribution in [3.63, 3.8) is 0 Å². The van der Waals surface area contributed by atoms with Crippen molar-refractivity contribution < 1.29 is 4.79 Å². The van der Waals surface area contributed by atoms with E-state index in [-0.39, 0.29) is 0 Å². The van der Waals surface area contributed by atoms with Gasteiger partial charge in [0.05, 0.1) is 21.1 Å².